The van der Waals surface area contributed by atoms with E-state index >= 15 is 0 Å². The summed E-state index contributed by atoms with van der Waals surface area (Å²) in [5, 5.41) is 3.09. The first-order valence-corrected chi connectivity index (χ1v) is 12.3. The third-order valence-corrected chi connectivity index (χ3v) is 6.93. The first-order valence-electron chi connectivity index (χ1n) is 12.3. The zero-order chi connectivity index (χ0) is 22.3. The van der Waals surface area contributed by atoms with E-state index in [0.717, 1.165) is 51.7 Å². The molecule has 1 N–H and O–H groups in total. The number of nitrogens with one attached hydrogen (secondary N) is 1. The number of aryl methyl sites for hydroxylation is 1. The third-order valence-electron chi connectivity index (χ3n) is 6.93. The van der Waals surface area contributed by atoms with Crippen molar-refractivity contribution in [2.24, 2.45) is 5.92 Å². The number of benzene rings is 1. The normalized spacial score (nSPS) is 21.7. The van der Waals surface area contributed by atoms with Gasteiger partial charge in [0.05, 0.1) is 0 Å². The van der Waals surface area contributed by atoms with Crippen LogP contribution in [0.25, 0.3) is 0 Å². The van der Waals surface area contributed by atoms with E-state index in [1.165, 1.54) is 24.8 Å². The highest BCUT2D eigenvalue weighted by atomic mass is 16.2. The Morgan fingerprint density at radius 3 is 2.39 bits per heavy atom. The Kier molecular flexibility index (Phi) is 8.53. The second-order valence-electron chi connectivity index (χ2n) is 9.81. The molecule has 0 aromatic heterocycles. The Bertz CT molecular complexity index is 711. The average Bonchev–Trinajstić information content (AvgIpc) is 2.76. The summed E-state index contributed by atoms with van der Waals surface area (Å²) in [7, 11) is 0. The predicted octanol–water partition coefficient (Wildman–Crippen LogP) is 4.02. The number of carbonyl (C=O) groups is 2. The van der Waals surface area contributed by atoms with Gasteiger partial charge in [-0.3, -0.25) is 9.59 Å². The Labute approximate surface area is 188 Å². The summed E-state index contributed by atoms with van der Waals surface area (Å²) in [4.78, 5) is 30.8. The molecule has 31 heavy (non-hydrogen) atoms. The largest absolute Gasteiger partial charge is 0.342 e. The molecule has 172 valence electrons. The molecule has 0 radical (unpaired) electrons. The molecule has 0 saturated carbocycles. The Hall–Kier alpha value is -1.88. The second-order valence-corrected chi connectivity index (χ2v) is 9.81. The number of rotatable bonds is 10. The minimum absolute atomic E-state index is 0.0775. The van der Waals surface area contributed by atoms with Crippen LogP contribution in [0.5, 0.6) is 0 Å². The fourth-order valence-corrected chi connectivity index (χ4v) is 5.18. The van der Waals surface area contributed by atoms with Crippen LogP contribution in [0, 0.1) is 5.92 Å². The minimum atomic E-state index is -0.635. The monoisotopic (exact) mass is 427 g/mol. The molecule has 2 saturated heterocycles. The molecule has 5 heteroatoms. The number of nitrogens with zero attached hydrogens (tertiary/aromatic N) is 2. The van der Waals surface area contributed by atoms with Crippen LogP contribution < -0.4 is 5.32 Å². The maximum Gasteiger partial charge on any atom is 0.246 e. The van der Waals surface area contributed by atoms with Crippen molar-refractivity contribution in [3.05, 3.63) is 35.9 Å². The van der Waals surface area contributed by atoms with Crippen LogP contribution in [-0.2, 0) is 16.0 Å². The van der Waals surface area contributed by atoms with Crippen molar-refractivity contribution in [1.29, 1.82) is 0 Å². The third kappa shape index (κ3) is 5.88. The van der Waals surface area contributed by atoms with Gasteiger partial charge in [0.2, 0.25) is 11.8 Å². The highest BCUT2D eigenvalue weighted by Gasteiger charge is 2.53. The Balaban J connectivity index is 1.49. The fraction of sp³-hybridized carbons (Fsp3) is 0.692. The maximum atomic E-state index is 13.2. The topological polar surface area (TPSA) is 52.7 Å². The van der Waals surface area contributed by atoms with Crippen LogP contribution in [0.2, 0.25) is 0 Å². The van der Waals surface area contributed by atoms with Crippen LogP contribution in [0.3, 0.4) is 0 Å². The van der Waals surface area contributed by atoms with E-state index in [-0.39, 0.29) is 17.9 Å². The molecule has 2 amide bonds. The lowest BCUT2D eigenvalue weighted by Gasteiger charge is -2.52. The van der Waals surface area contributed by atoms with Gasteiger partial charge in [0.25, 0.3) is 0 Å². The molecule has 2 aliphatic rings. The van der Waals surface area contributed by atoms with E-state index in [1.807, 2.05) is 4.90 Å². The van der Waals surface area contributed by atoms with Crippen LogP contribution in [0.4, 0.5) is 0 Å². The zero-order valence-electron chi connectivity index (χ0n) is 19.7. The standard InChI is InChI=1S/C26H41N3O2/c1-4-16-29-24(30)23(20-21(2)3)27-25(31)26(29)14-18-28(19-15-26)17-10-6-9-13-22-11-7-5-8-12-22/h5,7-8,11-12,21,23H,4,6,9-10,13-20H2,1-3H3,(H,27,31). The van der Waals surface area contributed by atoms with Gasteiger partial charge in [0.15, 0.2) is 0 Å². The van der Waals surface area contributed by atoms with Crippen LogP contribution in [0.1, 0.15) is 71.3 Å². The van der Waals surface area contributed by atoms with Crippen molar-refractivity contribution < 1.29 is 9.59 Å². The van der Waals surface area contributed by atoms with Crippen LogP contribution >= 0.6 is 0 Å². The lowest BCUT2D eigenvalue weighted by molar-refractivity contribution is -0.161. The SMILES string of the molecule is CCCN1C(=O)C(CC(C)C)NC(=O)C12CCN(CCCCCc1ccccc1)CC2. The smallest absolute Gasteiger partial charge is 0.246 e. The van der Waals surface area contributed by atoms with E-state index in [0.29, 0.717) is 12.5 Å². The lowest BCUT2D eigenvalue weighted by atomic mass is 9.80. The molecular weight excluding hydrogens is 386 g/mol. The average molecular weight is 428 g/mol. The number of piperazine rings is 1. The van der Waals surface area contributed by atoms with Crippen molar-refractivity contribution >= 4 is 11.8 Å². The van der Waals surface area contributed by atoms with Gasteiger partial charge in [-0.05, 0) is 63.0 Å². The first kappa shape index (κ1) is 23.8. The number of hydrogen-bond acceptors (Lipinski definition) is 3. The predicted molar refractivity (Wildman–Crippen MR) is 126 cm³/mol. The van der Waals surface area contributed by atoms with Gasteiger partial charge in [-0.25, -0.2) is 0 Å². The van der Waals surface area contributed by atoms with Gasteiger partial charge in [-0.2, -0.15) is 0 Å². The highest BCUT2D eigenvalue weighted by Crippen LogP contribution is 2.34. The molecule has 0 bridgehead atoms. The molecule has 1 aromatic carbocycles. The molecular formula is C26H41N3O2. The molecule has 1 unspecified atom stereocenters. The van der Waals surface area contributed by atoms with E-state index in [1.54, 1.807) is 0 Å². The summed E-state index contributed by atoms with van der Waals surface area (Å²) >= 11 is 0. The summed E-state index contributed by atoms with van der Waals surface area (Å²) in [6.45, 7) is 9.86. The molecule has 3 rings (SSSR count). The number of likely N-dealkylation sites (tertiary alicyclic amines) is 1. The van der Waals surface area contributed by atoms with Crippen molar-refractivity contribution in [1.82, 2.24) is 15.1 Å². The van der Waals surface area contributed by atoms with Gasteiger partial charge in [-0.1, -0.05) is 57.5 Å². The summed E-state index contributed by atoms with van der Waals surface area (Å²) in [5.74, 6) is 0.591. The molecule has 2 fully saturated rings. The number of piperidine rings is 1. The second kappa shape index (κ2) is 11.1. The minimum Gasteiger partial charge on any atom is -0.342 e. The van der Waals surface area contributed by atoms with Gasteiger partial charge >= 0.3 is 0 Å². The number of hydrogen-bond donors (Lipinski definition) is 1. The number of amides is 2. The Morgan fingerprint density at radius 2 is 1.74 bits per heavy atom. The van der Waals surface area contributed by atoms with E-state index in [9.17, 15) is 9.59 Å². The fourth-order valence-electron chi connectivity index (χ4n) is 5.18. The number of carbonyl (C=O) groups excluding carboxylic acids is 2. The van der Waals surface area contributed by atoms with Crippen molar-refractivity contribution in [3.8, 4) is 0 Å². The highest BCUT2D eigenvalue weighted by molar-refractivity contribution is 6.00. The maximum absolute atomic E-state index is 13.2. The summed E-state index contributed by atoms with van der Waals surface area (Å²) in [6, 6.07) is 10.3. The van der Waals surface area contributed by atoms with Crippen LogP contribution in [-0.4, -0.2) is 59.4 Å². The zero-order valence-corrected chi connectivity index (χ0v) is 19.7. The van der Waals surface area contributed by atoms with E-state index in [4.69, 9.17) is 0 Å². The van der Waals surface area contributed by atoms with Crippen molar-refractivity contribution in [2.45, 2.75) is 83.7 Å². The summed E-state index contributed by atoms with van der Waals surface area (Å²) < 4.78 is 0. The molecule has 5 nitrogen and oxygen atoms in total. The molecule has 1 atom stereocenters. The molecule has 1 spiro atoms. The summed E-state index contributed by atoms with van der Waals surface area (Å²) in [5.41, 5.74) is 0.784. The van der Waals surface area contributed by atoms with Gasteiger partial charge in [-0.15, -0.1) is 0 Å². The quantitative estimate of drug-likeness (QED) is 0.574. The van der Waals surface area contributed by atoms with Gasteiger partial charge < -0.3 is 15.1 Å². The number of unbranched alkanes of at least 4 members (excludes halogenated alkanes) is 2. The lowest BCUT2D eigenvalue weighted by Crippen LogP contribution is -2.73. The van der Waals surface area contributed by atoms with Crippen LogP contribution in [0.15, 0.2) is 30.3 Å². The molecule has 1 aromatic rings. The first-order chi connectivity index (χ1) is 15.0. The molecule has 2 aliphatic heterocycles. The van der Waals surface area contributed by atoms with E-state index in [2.05, 4.69) is 61.3 Å². The van der Waals surface area contributed by atoms with Crippen molar-refractivity contribution in [2.75, 3.05) is 26.2 Å². The van der Waals surface area contributed by atoms with Crippen molar-refractivity contribution in [3.63, 3.8) is 0 Å². The molecule has 2 heterocycles. The van der Waals surface area contributed by atoms with Gasteiger partial charge in [0, 0.05) is 19.6 Å². The molecule has 0 aliphatic carbocycles. The Morgan fingerprint density at radius 1 is 1.03 bits per heavy atom. The van der Waals surface area contributed by atoms with E-state index < -0.39 is 5.54 Å². The summed E-state index contributed by atoms with van der Waals surface area (Å²) in [6.07, 6.45) is 7.91. The van der Waals surface area contributed by atoms with Gasteiger partial charge in [0.1, 0.15) is 11.6 Å².